The van der Waals surface area contributed by atoms with E-state index in [1.807, 2.05) is 31.2 Å². The molecule has 25 heavy (non-hydrogen) atoms. The summed E-state index contributed by atoms with van der Waals surface area (Å²) in [5.74, 6) is 0.631. The van der Waals surface area contributed by atoms with Crippen LogP contribution < -0.4 is 15.8 Å². The van der Waals surface area contributed by atoms with Crippen LogP contribution in [-0.4, -0.2) is 42.1 Å². The van der Waals surface area contributed by atoms with Crippen molar-refractivity contribution in [1.82, 2.24) is 10.2 Å². The van der Waals surface area contributed by atoms with Gasteiger partial charge in [-0.15, -0.1) is 0 Å². The smallest absolute Gasteiger partial charge is 0.314 e. The van der Waals surface area contributed by atoms with Gasteiger partial charge in [-0.1, -0.05) is 25.1 Å². The standard InChI is InChI=1S/C19H27N3O3/c1-3-14(2)25-17-7-5-4-6-15(17)8-9-18(23)21-16-10-12-22(13-11-16)19(20)24/h4-9,14,16H,3,10-13H2,1-2H3,(H2,20,24)(H,21,23)/b9-8+. The topological polar surface area (TPSA) is 84.7 Å². The number of nitrogens with two attached hydrogens (primary N) is 1. The van der Waals surface area contributed by atoms with Crippen molar-refractivity contribution in [3.63, 3.8) is 0 Å². The number of rotatable bonds is 6. The first-order valence-corrected chi connectivity index (χ1v) is 8.78. The Bertz CT molecular complexity index is 622. The molecule has 0 bridgehead atoms. The van der Waals surface area contributed by atoms with Crippen molar-refractivity contribution >= 4 is 18.0 Å². The number of carbonyl (C=O) groups is 2. The van der Waals surface area contributed by atoms with Crippen molar-refractivity contribution in [3.8, 4) is 5.75 Å². The molecule has 6 heteroatoms. The first kappa shape index (κ1) is 18.8. The number of nitrogens with zero attached hydrogens (tertiary/aromatic N) is 1. The molecule has 3 amide bonds. The number of para-hydroxylation sites is 1. The summed E-state index contributed by atoms with van der Waals surface area (Å²) in [6, 6.07) is 7.33. The Morgan fingerprint density at radius 2 is 2.04 bits per heavy atom. The van der Waals surface area contributed by atoms with Crippen molar-refractivity contribution in [1.29, 1.82) is 0 Å². The number of urea groups is 1. The number of nitrogens with one attached hydrogen (secondary N) is 1. The monoisotopic (exact) mass is 345 g/mol. The Hall–Kier alpha value is -2.50. The molecule has 0 saturated carbocycles. The zero-order chi connectivity index (χ0) is 18.2. The minimum atomic E-state index is -0.400. The third kappa shape index (κ3) is 5.81. The fourth-order valence-electron chi connectivity index (χ4n) is 2.68. The summed E-state index contributed by atoms with van der Waals surface area (Å²) in [6.45, 7) is 5.25. The van der Waals surface area contributed by atoms with Gasteiger partial charge in [0.2, 0.25) is 5.91 Å². The van der Waals surface area contributed by atoms with Crippen LogP contribution in [0.15, 0.2) is 30.3 Å². The SMILES string of the molecule is CCC(C)Oc1ccccc1/C=C/C(=O)NC1CCN(C(N)=O)CC1. The lowest BCUT2D eigenvalue weighted by atomic mass is 10.1. The van der Waals surface area contributed by atoms with Gasteiger partial charge in [0, 0.05) is 30.8 Å². The van der Waals surface area contributed by atoms with Crippen LogP contribution in [0, 0.1) is 0 Å². The normalized spacial score (nSPS) is 16.6. The Labute approximate surface area is 149 Å². The van der Waals surface area contributed by atoms with Gasteiger partial charge in [0.05, 0.1) is 6.10 Å². The molecule has 1 aromatic rings. The molecule has 1 saturated heterocycles. The molecule has 0 radical (unpaired) electrons. The summed E-state index contributed by atoms with van der Waals surface area (Å²) in [5, 5.41) is 2.97. The molecule has 1 aliphatic heterocycles. The van der Waals surface area contributed by atoms with Crippen LogP contribution in [0.3, 0.4) is 0 Å². The molecule has 1 fully saturated rings. The van der Waals surface area contributed by atoms with Gasteiger partial charge in [-0.25, -0.2) is 4.79 Å². The van der Waals surface area contributed by atoms with E-state index in [1.54, 1.807) is 11.0 Å². The maximum Gasteiger partial charge on any atom is 0.314 e. The lowest BCUT2D eigenvalue weighted by Crippen LogP contribution is -2.47. The van der Waals surface area contributed by atoms with Gasteiger partial charge in [-0.2, -0.15) is 0 Å². The van der Waals surface area contributed by atoms with E-state index in [1.165, 1.54) is 6.08 Å². The molecule has 1 aliphatic rings. The van der Waals surface area contributed by atoms with E-state index < -0.39 is 6.03 Å². The third-order valence-corrected chi connectivity index (χ3v) is 4.39. The van der Waals surface area contributed by atoms with Gasteiger partial charge in [-0.05, 0) is 38.3 Å². The molecule has 1 heterocycles. The van der Waals surface area contributed by atoms with E-state index >= 15 is 0 Å². The maximum atomic E-state index is 12.1. The highest BCUT2D eigenvalue weighted by Crippen LogP contribution is 2.21. The lowest BCUT2D eigenvalue weighted by molar-refractivity contribution is -0.117. The molecule has 1 aromatic carbocycles. The summed E-state index contributed by atoms with van der Waals surface area (Å²) in [4.78, 5) is 24.9. The molecule has 0 spiro atoms. The van der Waals surface area contributed by atoms with Gasteiger partial charge < -0.3 is 20.7 Å². The Morgan fingerprint density at radius 1 is 1.36 bits per heavy atom. The average molecular weight is 345 g/mol. The van der Waals surface area contributed by atoms with Crippen molar-refractivity contribution in [3.05, 3.63) is 35.9 Å². The molecule has 6 nitrogen and oxygen atoms in total. The number of hydrogen-bond donors (Lipinski definition) is 2. The predicted octanol–water partition coefficient (Wildman–Crippen LogP) is 2.54. The Balaban J connectivity index is 1.89. The third-order valence-electron chi connectivity index (χ3n) is 4.39. The molecule has 1 unspecified atom stereocenters. The van der Waals surface area contributed by atoms with Gasteiger partial charge >= 0.3 is 6.03 Å². The largest absolute Gasteiger partial charge is 0.490 e. The second kappa shape index (κ2) is 9.11. The van der Waals surface area contributed by atoms with Crippen molar-refractivity contribution in [2.45, 2.75) is 45.3 Å². The van der Waals surface area contributed by atoms with Crippen LogP contribution in [0.5, 0.6) is 5.75 Å². The van der Waals surface area contributed by atoms with E-state index in [0.717, 1.165) is 30.6 Å². The predicted molar refractivity (Wildman–Crippen MR) is 98.2 cm³/mol. The van der Waals surface area contributed by atoms with Gasteiger partial charge in [0.25, 0.3) is 0 Å². The zero-order valence-corrected chi connectivity index (χ0v) is 14.9. The summed E-state index contributed by atoms with van der Waals surface area (Å²) < 4.78 is 5.88. The summed E-state index contributed by atoms with van der Waals surface area (Å²) >= 11 is 0. The number of ether oxygens (including phenoxy) is 1. The van der Waals surface area contributed by atoms with Gasteiger partial charge in [0.15, 0.2) is 0 Å². The van der Waals surface area contributed by atoms with Crippen LogP contribution in [0.4, 0.5) is 4.79 Å². The number of amides is 3. The van der Waals surface area contributed by atoms with E-state index in [9.17, 15) is 9.59 Å². The number of benzene rings is 1. The second-order valence-electron chi connectivity index (χ2n) is 6.32. The molecule has 3 N–H and O–H groups in total. The molecule has 2 rings (SSSR count). The van der Waals surface area contributed by atoms with Crippen LogP contribution in [0.2, 0.25) is 0 Å². The molecular weight excluding hydrogens is 318 g/mol. The van der Waals surface area contributed by atoms with Gasteiger partial charge in [0.1, 0.15) is 5.75 Å². The van der Waals surface area contributed by atoms with E-state index in [2.05, 4.69) is 12.2 Å². The van der Waals surface area contributed by atoms with Crippen molar-refractivity contribution < 1.29 is 14.3 Å². The van der Waals surface area contributed by atoms with Crippen LogP contribution in [-0.2, 0) is 4.79 Å². The minimum Gasteiger partial charge on any atom is -0.490 e. The minimum absolute atomic E-state index is 0.0688. The number of likely N-dealkylation sites (tertiary alicyclic amines) is 1. The number of carbonyl (C=O) groups excluding carboxylic acids is 2. The summed E-state index contributed by atoms with van der Waals surface area (Å²) in [5.41, 5.74) is 6.14. The van der Waals surface area contributed by atoms with Gasteiger partial charge in [-0.3, -0.25) is 4.79 Å². The summed E-state index contributed by atoms with van der Waals surface area (Å²) in [7, 11) is 0. The van der Waals surface area contributed by atoms with E-state index in [4.69, 9.17) is 10.5 Å². The number of hydrogen-bond acceptors (Lipinski definition) is 3. The molecular formula is C19H27N3O3. The highest BCUT2D eigenvalue weighted by atomic mass is 16.5. The zero-order valence-electron chi connectivity index (χ0n) is 14.9. The molecule has 0 aromatic heterocycles. The molecule has 1 atom stereocenters. The fraction of sp³-hybridized carbons (Fsp3) is 0.474. The Morgan fingerprint density at radius 3 is 2.68 bits per heavy atom. The van der Waals surface area contributed by atoms with E-state index in [-0.39, 0.29) is 18.1 Å². The average Bonchev–Trinajstić information content (AvgIpc) is 2.61. The van der Waals surface area contributed by atoms with Crippen LogP contribution >= 0.6 is 0 Å². The fourth-order valence-corrected chi connectivity index (χ4v) is 2.68. The first-order valence-electron chi connectivity index (χ1n) is 8.78. The van der Waals surface area contributed by atoms with Crippen LogP contribution in [0.25, 0.3) is 6.08 Å². The molecule has 0 aliphatic carbocycles. The number of primary amides is 1. The van der Waals surface area contributed by atoms with E-state index in [0.29, 0.717) is 13.1 Å². The summed E-state index contributed by atoms with van der Waals surface area (Å²) in [6.07, 6.45) is 5.78. The molecule has 136 valence electrons. The Kier molecular flexibility index (Phi) is 6.86. The second-order valence-corrected chi connectivity index (χ2v) is 6.32. The maximum absolute atomic E-state index is 12.1. The quantitative estimate of drug-likeness (QED) is 0.777. The van der Waals surface area contributed by atoms with Crippen molar-refractivity contribution in [2.24, 2.45) is 5.73 Å². The van der Waals surface area contributed by atoms with Crippen LogP contribution in [0.1, 0.15) is 38.7 Å². The first-order chi connectivity index (χ1) is 12.0. The highest BCUT2D eigenvalue weighted by Gasteiger charge is 2.21. The highest BCUT2D eigenvalue weighted by molar-refractivity contribution is 5.92. The lowest BCUT2D eigenvalue weighted by Gasteiger charge is -2.30. The van der Waals surface area contributed by atoms with Crippen molar-refractivity contribution in [2.75, 3.05) is 13.1 Å². The number of piperidine rings is 1.